The van der Waals surface area contributed by atoms with Gasteiger partial charge in [-0.25, -0.2) is 14.9 Å². The van der Waals surface area contributed by atoms with Crippen molar-refractivity contribution in [1.29, 1.82) is 0 Å². The van der Waals surface area contributed by atoms with Gasteiger partial charge in [-0.2, -0.15) is 0 Å². The molecule has 3 heterocycles. The van der Waals surface area contributed by atoms with Gasteiger partial charge in [0.15, 0.2) is 0 Å². The zero-order valence-electron chi connectivity index (χ0n) is 17.2. The molecule has 0 radical (unpaired) electrons. The third-order valence-electron chi connectivity index (χ3n) is 5.65. The topological polar surface area (TPSA) is 69.6 Å². The molecule has 1 aromatic heterocycles. The van der Waals surface area contributed by atoms with E-state index in [0.717, 1.165) is 0 Å². The SMILES string of the molecule is O=C1C(c2ccccc2)=C(N2CCN(c3ncccn3)CC2)C(=O)N1c1ccccc1Cl. The monoisotopic (exact) mass is 445 g/mol. The van der Waals surface area contributed by atoms with Crippen LogP contribution in [0.25, 0.3) is 5.57 Å². The van der Waals surface area contributed by atoms with Crippen LogP contribution in [0, 0.1) is 0 Å². The molecule has 3 aromatic rings. The van der Waals surface area contributed by atoms with Gasteiger partial charge < -0.3 is 9.80 Å². The Labute approximate surface area is 190 Å². The summed E-state index contributed by atoms with van der Waals surface area (Å²) in [6.45, 7) is 2.42. The molecule has 2 amide bonds. The molecule has 0 unspecified atom stereocenters. The lowest BCUT2D eigenvalue weighted by Crippen LogP contribution is -2.48. The summed E-state index contributed by atoms with van der Waals surface area (Å²) in [7, 11) is 0. The third-order valence-corrected chi connectivity index (χ3v) is 5.97. The van der Waals surface area contributed by atoms with E-state index >= 15 is 0 Å². The maximum absolute atomic E-state index is 13.6. The lowest BCUT2D eigenvalue weighted by molar-refractivity contribution is -0.120. The summed E-state index contributed by atoms with van der Waals surface area (Å²) in [5.74, 6) is -0.0552. The first-order valence-electron chi connectivity index (χ1n) is 10.3. The predicted octanol–water partition coefficient (Wildman–Crippen LogP) is 3.24. The molecule has 0 saturated carbocycles. The van der Waals surface area contributed by atoms with Gasteiger partial charge in [0, 0.05) is 38.6 Å². The van der Waals surface area contributed by atoms with Crippen LogP contribution in [0.3, 0.4) is 0 Å². The number of benzene rings is 2. The number of nitrogens with zero attached hydrogens (tertiary/aromatic N) is 5. The molecule has 32 heavy (non-hydrogen) atoms. The van der Waals surface area contributed by atoms with Crippen LogP contribution in [-0.2, 0) is 9.59 Å². The number of imide groups is 1. The highest BCUT2D eigenvalue weighted by molar-refractivity contribution is 6.47. The number of para-hydroxylation sites is 1. The number of anilines is 2. The van der Waals surface area contributed by atoms with E-state index < -0.39 is 0 Å². The second-order valence-corrected chi connectivity index (χ2v) is 7.92. The average Bonchev–Trinajstić information content (AvgIpc) is 3.10. The molecule has 160 valence electrons. The van der Waals surface area contributed by atoms with Crippen LogP contribution in [-0.4, -0.2) is 52.9 Å². The molecular formula is C24H20ClN5O2. The van der Waals surface area contributed by atoms with Crippen molar-refractivity contribution < 1.29 is 9.59 Å². The molecule has 0 atom stereocenters. The van der Waals surface area contributed by atoms with Gasteiger partial charge in [0.25, 0.3) is 11.8 Å². The highest BCUT2D eigenvalue weighted by Gasteiger charge is 2.43. The van der Waals surface area contributed by atoms with Gasteiger partial charge in [0.05, 0.1) is 16.3 Å². The predicted molar refractivity (Wildman–Crippen MR) is 123 cm³/mol. The van der Waals surface area contributed by atoms with Crippen LogP contribution in [0.5, 0.6) is 0 Å². The number of hydrogen-bond donors (Lipinski definition) is 0. The van der Waals surface area contributed by atoms with Gasteiger partial charge in [-0.1, -0.05) is 54.1 Å². The van der Waals surface area contributed by atoms with Crippen LogP contribution >= 0.6 is 11.6 Å². The molecule has 1 fully saturated rings. The minimum atomic E-state index is -0.363. The Balaban J connectivity index is 1.50. The summed E-state index contributed by atoms with van der Waals surface area (Å²) < 4.78 is 0. The van der Waals surface area contributed by atoms with Crippen molar-refractivity contribution in [1.82, 2.24) is 14.9 Å². The Hall–Kier alpha value is -3.71. The maximum Gasteiger partial charge on any atom is 0.282 e. The van der Waals surface area contributed by atoms with E-state index in [-0.39, 0.29) is 11.8 Å². The zero-order chi connectivity index (χ0) is 22.1. The van der Waals surface area contributed by atoms with E-state index in [0.29, 0.717) is 59.7 Å². The minimum Gasteiger partial charge on any atom is -0.363 e. The van der Waals surface area contributed by atoms with E-state index in [1.165, 1.54) is 4.90 Å². The number of aromatic nitrogens is 2. The van der Waals surface area contributed by atoms with E-state index in [2.05, 4.69) is 14.9 Å². The number of halogens is 1. The molecule has 0 spiro atoms. The van der Waals surface area contributed by atoms with Gasteiger partial charge in [-0.15, -0.1) is 0 Å². The van der Waals surface area contributed by atoms with Crippen LogP contribution in [0.15, 0.2) is 78.8 Å². The first-order chi connectivity index (χ1) is 15.6. The average molecular weight is 446 g/mol. The molecule has 5 rings (SSSR count). The van der Waals surface area contributed by atoms with Crippen molar-refractivity contribution in [3.8, 4) is 0 Å². The Morgan fingerprint density at radius 2 is 1.34 bits per heavy atom. The van der Waals surface area contributed by atoms with Gasteiger partial charge in [-0.05, 0) is 23.8 Å². The first kappa shape index (κ1) is 20.2. The van der Waals surface area contributed by atoms with Gasteiger partial charge in [0.1, 0.15) is 5.70 Å². The highest BCUT2D eigenvalue weighted by atomic mass is 35.5. The summed E-state index contributed by atoms with van der Waals surface area (Å²) in [5.41, 5.74) is 1.92. The van der Waals surface area contributed by atoms with Crippen molar-refractivity contribution in [3.05, 3.63) is 89.3 Å². The second-order valence-electron chi connectivity index (χ2n) is 7.51. The van der Waals surface area contributed by atoms with Gasteiger partial charge in [0.2, 0.25) is 5.95 Å². The van der Waals surface area contributed by atoms with Crippen molar-refractivity contribution >= 4 is 40.6 Å². The standard InChI is InChI=1S/C24H20ClN5O2/c25-18-9-4-5-10-19(18)30-22(31)20(17-7-2-1-3-8-17)21(23(30)32)28-13-15-29(16-14-28)24-26-11-6-12-27-24/h1-12H,13-16H2. The Morgan fingerprint density at radius 3 is 2.03 bits per heavy atom. The fourth-order valence-electron chi connectivity index (χ4n) is 4.11. The number of piperazine rings is 1. The molecule has 2 aromatic carbocycles. The largest absolute Gasteiger partial charge is 0.363 e. The molecule has 7 nitrogen and oxygen atoms in total. The fraction of sp³-hybridized carbons (Fsp3) is 0.167. The van der Waals surface area contributed by atoms with Crippen molar-refractivity contribution in [2.45, 2.75) is 0 Å². The molecule has 2 aliphatic heterocycles. The number of amides is 2. The second kappa shape index (κ2) is 8.43. The number of hydrogen-bond acceptors (Lipinski definition) is 6. The lowest BCUT2D eigenvalue weighted by Gasteiger charge is -2.36. The molecule has 2 aliphatic rings. The lowest BCUT2D eigenvalue weighted by atomic mass is 10.0. The number of carbonyl (C=O) groups excluding carboxylic acids is 2. The number of rotatable bonds is 4. The summed E-state index contributed by atoms with van der Waals surface area (Å²) in [6.07, 6.45) is 3.43. The molecule has 8 heteroatoms. The molecule has 1 saturated heterocycles. The highest BCUT2D eigenvalue weighted by Crippen LogP contribution is 2.37. The smallest absolute Gasteiger partial charge is 0.282 e. The Morgan fingerprint density at radius 1 is 0.719 bits per heavy atom. The molecule has 0 aliphatic carbocycles. The van der Waals surface area contributed by atoms with Crippen LogP contribution in [0.2, 0.25) is 5.02 Å². The molecule has 0 bridgehead atoms. The minimum absolute atomic E-state index is 0.355. The van der Waals surface area contributed by atoms with Crippen molar-refractivity contribution in [2.75, 3.05) is 36.0 Å². The van der Waals surface area contributed by atoms with Gasteiger partial charge in [-0.3, -0.25) is 9.59 Å². The van der Waals surface area contributed by atoms with Crippen LogP contribution in [0.4, 0.5) is 11.6 Å². The molecule has 0 N–H and O–H groups in total. The van der Waals surface area contributed by atoms with Crippen molar-refractivity contribution in [2.24, 2.45) is 0 Å². The summed E-state index contributed by atoms with van der Waals surface area (Å²) >= 11 is 6.35. The quantitative estimate of drug-likeness (QED) is 0.574. The molecular weight excluding hydrogens is 426 g/mol. The first-order valence-corrected chi connectivity index (χ1v) is 10.7. The van der Waals surface area contributed by atoms with Crippen LogP contribution < -0.4 is 9.80 Å². The summed E-state index contributed by atoms with van der Waals surface area (Å²) in [4.78, 5) is 41.0. The normalized spacial score (nSPS) is 16.8. The fourth-order valence-corrected chi connectivity index (χ4v) is 4.33. The van der Waals surface area contributed by atoms with Gasteiger partial charge >= 0.3 is 0 Å². The summed E-state index contributed by atoms with van der Waals surface area (Å²) in [6, 6.07) is 18.0. The third kappa shape index (κ3) is 3.50. The van der Waals surface area contributed by atoms with Crippen molar-refractivity contribution in [3.63, 3.8) is 0 Å². The van der Waals surface area contributed by atoms with E-state index in [1.54, 1.807) is 42.7 Å². The van der Waals surface area contributed by atoms with E-state index in [4.69, 9.17) is 11.6 Å². The maximum atomic E-state index is 13.6. The Bertz CT molecular complexity index is 1190. The van der Waals surface area contributed by atoms with E-state index in [1.807, 2.05) is 35.2 Å². The zero-order valence-corrected chi connectivity index (χ0v) is 17.9. The number of carbonyl (C=O) groups is 2. The Kier molecular flexibility index (Phi) is 5.33. The van der Waals surface area contributed by atoms with E-state index in [9.17, 15) is 9.59 Å². The summed E-state index contributed by atoms with van der Waals surface area (Å²) in [5, 5.41) is 0.355. The van der Waals surface area contributed by atoms with Crippen LogP contribution in [0.1, 0.15) is 5.56 Å².